The molecule has 0 bridgehead atoms. The second kappa shape index (κ2) is 12.5. The fourth-order valence-corrected chi connectivity index (χ4v) is 2.92. The van der Waals surface area contributed by atoms with Crippen LogP contribution in [0, 0.1) is 23.0 Å². The van der Waals surface area contributed by atoms with Crippen molar-refractivity contribution in [1.29, 1.82) is 5.26 Å². The molecule has 7 heteroatoms. The van der Waals surface area contributed by atoms with Crippen molar-refractivity contribution >= 4 is 5.97 Å². The monoisotopic (exact) mass is 473 g/mol. The Hall–Kier alpha value is -4.70. The molecule has 0 saturated carbocycles. The highest BCUT2D eigenvalue weighted by atomic mass is 19.1. The summed E-state index contributed by atoms with van der Waals surface area (Å²) in [6, 6.07) is 28.7. The van der Waals surface area contributed by atoms with Gasteiger partial charge in [0, 0.05) is 12.1 Å². The van der Waals surface area contributed by atoms with Crippen LogP contribution in [0.15, 0.2) is 97.1 Å². The number of aromatic carboxylic acids is 1. The molecule has 0 spiro atoms. The van der Waals surface area contributed by atoms with Crippen LogP contribution in [0.25, 0.3) is 0 Å². The highest BCUT2D eigenvalue weighted by Crippen LogP contribution is 2.19. The van der Waals surface area contributed by atoms with Crippen molar-refractivity contribution in [2.24, 2.45) is 0 Å². The molecule has 0 radical (unpaired) electrons. The van der Waals surface area contributed by atoms with E-state index < -0.39 is 17.6 Å². The van der Waals surface area contributed by atoms with Gasteiger partial charge in [-0.3, -0.25) is 0 Å². The van der Waals surface area contributed by atoms with Crippen molar-refractivity contribution in [2.45, 2.75) is 13.2 Å². The lowest BCUT2D eigenvalue weighted by Crippen LogP contribution is -2.01. The molecule has 0 saturated heterocycles. The number of nitriles is 1. The Morgan fingerprint density at radius 2 is 1.23 bits per heavy atom. The Labute approximate surface area is 201 Å². The van der Waals surface area contributed by atoms with Crippen LogP contribution in [0.2, 0.25) is 0 Å². The first-order valence-electron chi connectivity index (χ1n) is 10.5. The Kier molecular flexibility index (Phi) is 8.92. The van der Waals surface area contributed by atoms with E-state index >= 15 is 0 Å². The molecule has 4 rings (SSSR count). The Morgan fingerprint density at radius 3 is 1.66 bits per heavy atom. The lowest BCUT2D eigenvalue weighted by atomic mass is 10.2. The van der Waals surface area contributed by atoms with Gasteiger partial charge in [0.05, 0.1) is 11.1 Å². The predicted octanol–water partition coefficient (Wildman–Crippen LogP) is 6.38. The van der Waals surface area contributed by atoms with Gasteiger partial charge in [-0.15, -0.1) is 0 Å². The van der Waals surface area contributed by atoms with Gasteiger partial charge in [-0.1, -0.05) is 60.7 Å². The van der Waals surface area contributed by atoms with Crippen LogP contribution >= 0.6 is 0 Å². The first-order valence-corrected chi connectivity index (χ1v) is 10.5. The largest absolute Gasteiger partial charge is 0.489 e. The highest BCUT2D eigenvalue weighted by molar-refractivity contribution is 5.88. The average Bonchev–Trinajstić information content (AvgIpc) is 2.88. The quantitative estimate of drug-likeness (QED) is 0.337. The highest BCUT2D eigenvalue weighted by Gasteiger charge is 2.10. The van der Waals surface area contributed by atoms with Gasteiger partial charge in [0.15, 0.2) is 0 Å². The normalized spacial score (nSPS) is 9.86. The number of benzene rings is 4. The minimum Gasteiger partial charge on any atom is -0.489 e. The number of halogens is 2. The van der Waals surface area contributed by atoms with Crippen LogP contribution in [-0.2, 0) is 13.2 Å². The van der Waals surface area contributed by atoms with Crippen LogP contribution in [-0.4, -0.2) is 11.1 Å². The standard InChI is InChI=1S/C14H10FNO.C14H11FO3/c15-14-8-13(7-6-12(14)9-16)17-10-11-4-2-1-3-5-11;15-13-8-11(6-7-12(13)14(16)17)18-9-10-4-2-1-3-5-10/h1-8H,10H2;1-8H,9H2,(H,16,17). The number of ether oxygens (including phenoxy) is 2. The molecule has 0 unspecified atom stereocenters. The molecule has 4 aromatic rings. The van der Waals surface area contributed by atoms with Gasteiger partial charge in [-0.25, -0.2) is 13.6 Å². The number of hydrogen-bond donors (Lipinski definition) is 1. The number of hydrogen-bond acceptors (Lipinski definition) is 4. The van der Waals surface area contributed by atoms with Crippen molar-refractivity contribution in [3.05, 3.63) is 131 Å². The topological polar surface area (TPSA) is 79.5 Å². The number of carboxylic acids is 1. The lowest BCUT2D eigenvalue weighted by molar-refractivity contribution is 0.0691. The minimum atomic E-state index is -1.29. The van der Waals surface area contributed by atoms with Gasteiger partial charge in [-0.2, -0.15) is 5.26 Å². The van der Waals surface area contributed by atoms with E-state index in [-0.39, 0.29) is 11.1 Å². The average molecular weight is 473 g/mol. The number of carboxylic acid groups (broad SMARTS) is 1. The third-order valence-corrected chi connectivity index (χ3v) is 4.73. The van der Waals surface area contributed by atoms with E-state index in [2.05, 4.69) is 0 Å². The summed E-state index contributed by atoms with van der Waals surface area (Å²) >= 11 is 0. The van der Waals surface area contributed by atoms with E-state index in [0.717, 1.165) is 17.2 Å². The zero-order valence-corrected chi connectivity index (χ0v) is 18.5. The fraction of sp³-hybridized carbons (Fsp3) is 0.0714. The first kappa shape index (κ1) is 24.9. The molecule has 0 heterocycles. The van der Waals surface area contributed by atoms with Crippen molar-refractivity contribution in [3.8, 4) is 17.6 Å². The molecular formula is C28H21F2NO4. The SMILES string of the molecule is N#Cc1ccc(OCc2ccccc2)cc1F.O=C(O)c1ccc(OCc2ccccc2)cc1F. The molecule has 176 valence electrons. The maximum Gasteiger partial charge on any atom is 0.338 e. The summed E-state index contributed by atoms with van der Waals surface area (Å²) in [5, 5.41) is 17.3. The van der Waals surface area contributed by atoms with Crippen molar-refractivity contribution in [1.82, 2.24) is 0 Å². The van der Waals surface area contributed by atoms with Crippen LogP contribution in [0.5, 0.6) is 11.5 Å². The van der Waals surface area contributed by atoms with Crippen molar-refractivity contribution < 1.29 is 28.2 Å². The zero-order valence-electron chi connectivity index (χ0n) is 18.5. The van der Waals surface area contributed by atoms with Crippen LogP contribution in [0.3, 0.4) is 0 Å². The molecule has 0 aliphatic rings. The van der Waals surface area contributed by atoms with E-state index in [1.807, 2.05) is 60.7 Å². The van der Waals surface area contributed by atoms with Gasteiger partial charge in [0.25, 0.3) is 0 Å². The maximum atomic E-state index is 13.4. The van der Waals surface area contributed by atoms with Gasteiger partial charge in [-0.05, 0) is 35.4 Å². The van der Waals surface area contributed by atoms with Gasteiger partial charge in [0.2, 0.25) is 0 Å². The Balaban J connectivity index is 0.000000196. The second-order valence-electron chi connectivity index (χ2n) is 7.25. The molecule has 1 N–H and O–H groups in total. The Morgan fingerprint density at radius 1 is 0.743 bits per heavy atom. The molecule has 4 aromatic carbocycles. The molecule has 0 amide bonds. The number of rotatable bonds is 7. The molecular weight excluding hydrogens is 452 g/mol. The number of nitrogens with zero attached hydrogens (tertiary/aromatic N) is 1. The predicted molar refractivity (Wildman–Crippen MR) is 126 cm³/mol. The molecule has 0 aromatic heterocycles. The van der Waals surface area contributed by atoms with Crippen LogP contribution in [0.4, 0.5) is 8.78 Å². The van der Waals surface area contributed by atoms with Gasteiger partial charge in [0.1, 0.15) is 42.4 Å². The Bertz CT molecular complexity index is 1310. The molecule has 0 aliphatic heterocycles. The smallest absolute Gasteiger partial charge is 0.338 e. The molecule has 0 aliphatic carbocycles. The third-order valence-electron chi connectivity index (χ3n) is 4.73. The summed E-state index contributed by atoms with van der Waals surface area (Å²) < 4.78 is 37.4. The zero-order chi connectivity index (χ0) is 25.0. The maximum absolute atomic E-state index is 13.4. The fourth-order valence-electron chi connectivity index (χ4n) is 2.92. The van der Waals surface area contributed by atoms with E-state index in [1.165, 1.54) is 24.3 Å². The summed E-state index contributed by atoms with van der Waals surface area (Å²) in [4.78, 5) is 10.6. The van der Waals surface area contributed by atoms with E-state index in [1.54, 1.807) is 12.1 Å². The third kappa shape index (κ3) is 7.69. The summed E-state index contributed by atoms with van der Waals surface area (Å²) in [5.41, 5.74) is 1.64. The van der Waals surface area contributed by atoms with E-state index in [0.29, 0.717) is 24.7 Å². The molecule has 5 nitrogen and oxygen atoms in total. The van der Waals surface area contributed by atoms with Crippen molar-refractivity contribution in [3.63, 3.8) is 0 Å². The molecule has 35 heavy (non-hydrogen) atoms. The molecule has 0 fully saturated rings. The van der Waals surface area contributed by atoms with Crippen LogP contribution < -0.4 is 9.47 Å². The second-order valence-corrected chi connectivity index (χ2v) is 7.25. The van der Waals surface area contributed by atoms with Gasteiger partial charge >= 0.3 is 5.97 Å². The first-order chi connectivity index (χ1) is 17.0. The van der Waals surface area contributed by atoms with Crippen LogP contribution in [0.1, 0.15) is 27.0 Å². The number of carbonyl (C=O) groups is 1. The summed E-state index contributed by atoms with van der Waals surface area (Å²) in [6.45, 7) is 0.693. The van der Waals surface area contributed by atoms with E-state index in [4.69, 9.17) is 19.8 Å². The van der Waals surface area contributed by atoms with E-state index in [9.17, 15) is 13.6 Å². The lowest BCUT2D eigenvalue weighted by Gasteiger charge is -2.07. The summed E-state index contributed by atoms with van der Waals surface area (Å²) in [7, 11) is 0. The minimum absolute atomic E-state index is 0.0251. The van der Waals surface area contributed by atoms with Gasteiger partial charge < -0.3 is 14.6 Å². The van der Waals surface area contributed by atoms with Crippen molar-refractivity contribution in [2.75, 3.05) is 0 Å². The summed E-state index contributed by atoms with van der Waals surface area (Å²) in [6.07, 6.45) is 0. The summed E-state index contributed by atoms with van der Waals surface area (Å²) in [5.74, 6) is -1.92. The molecule has 0 atom stereocenters.